The fourth-order valence-electron chi connectivity index (χ4n) is 3.56. The number of hydrogen-bond donors (Lipinski definition) is 1. The molecule has 154 valence electrons. The first-order chi connectivity index (χ1) is 14.0. The van der Waals surface area contributed by atoms with Crippen LogP contribution in [0.25, 0.3) is 0 Å². The van der Waals surface area contributed by atoms with E-state index in [1.165, 1.54) is 12.1 Å². The average molecular weight is 402 g/mol. The predicted molar refractivity (Wildman–Crippen MR) is 101 cm³/mol. The third-order valence-electron chi connectivity index (χ3n) is 5.15. The van der Waals surface area contributed by atoms with E-state index >= 15 is 0 Å². The molecule has 3 rings (SSSR count). The Labute approximate surface area is 167 Å². The summed E-state index contributed by atoms with van der Waals surface area (Å²) < 4.78 is 17.7. The van der Waals surface area contributed by atoms with Crippen LogP contribution in [0, 0.1) is 17.7 Å². The summed E-state index contributed by atoms with van der Waals surface area (Å²) in [6.45, 7) is -0.134. The van der Waals surface area contributed by atoms with Gasteiger partial charge in [0, 0.05) is 13.1 Å². The van der Waals surface area contributed by atoms with E-state index < -0.39 is 18.5 Å². The van der Waals surface area contributed by atoms with Crippen molar-refractivity contribution in [3.05, 3.63) is 47.8 Å². The first kappa shape index (κ1) is 20.7. The molecule has 1 aromatic rings. The summed E-state index contributed by atoms with van der Waals surface area (Å²) in [4.78, 5) is 49.4. The molecule has 1 aliphatic carbocycles. The van der Waals surface area contributed by atoms with E-state index in [4.69, 9.17) is 4.74 Å². The van der Waals surface area contributed by atoms with Gasteiger partial charge in [-0.25, -0.2) is 4.39 Å². The van der Waals surface area contributed by atoms with E-state index in [-0.39, 0.29) is 42.4 Å². The highest BCUT2D eigenvalue weighted by molar-refractivity contribution is 6.05. The summed E-state index contributed by atoms with van der Waals surface area (Å²) in [7, 11) is 0. The normalized spacial score (nSPS) is 20.5. The van der Waals surface area contributed by atoms with Gasteiger partial charge >= 0.3 is 5.97 Å². The van der Waals surface area contributed by atoms with Crippen molar-refractivity contribution >= 4 is 23.7 Å². The summed E-state index contributed by atoms with van der Waals surface area (Å²) in [5.74, 6) is -2.55. The molecule has 8 heteroatoms. The van der Waals surface area contributed by atoms with Gasteiger partial charge in [-0.2, -0.15) is 0 Å². The Morgan fingerprint density at radius 3 is 2.31 bits per heavy atom. The molecular weight excluding hydrogens is 379 g/mol. The first-order valence-electron chi connectivity index (χ1n) is 9.62. The molecule has 7 nitrogen and oxygen atoms in total. The van der Waals surface area contributed by atoms with Gasteiger partial charge in [0.1, 0.15) is 5.82 Å². The molecule has 0 bridgehead atoms. The van der Waals surface area contributed by atoms with E-state index in [1.807, 2.05) is 12.2 Å². The Bertz CT molecular complexity index is 795. The van der Waals surface area contributed by atoms with Crippen LogP contribution in [-0.4, -0.2) is 48.3 Å². The van der Waals surface area contributed by atoms with Crippen LogP contribution in [0.5, 0.6) is 0 Å². The molecule has 0 aromatic heterocycles. The Kier molecular flexibility index (Phi) is 6.74. The topological polar surface area (TPSA) is 92.8 Å². The maximum Gasteiger partial charge on any atom is 0.308 e. The molecular formula is C21H23FN2O5. The number of ether oxygens (including phenoxy) is 1. The van der Waals surface area contributed by atoms with Crippen molar-refractivity contribution in [3.8, 4) is 0 Å². The number of nitrogens with zero attached hydrogens (tertiary/aromatic N) is 1. The first-order valence-corrected chi connectivity index (χ1v) is 9.62. The number of fused-ring (bicyclic) bond motifs is 1. The number of benzene rings is 1. The van der Waals surface area contributed by atoms with Crippen molar-refractivity contribution in [3.63, 3.8) is 0 Å². The molecule has 1 heterocycles. The monoisotopic (exact) mass is 402 g/mol. The Hall–Kier alpha value is -3.03. The van der Waals surface area contributed by atoms with Crippen LogP contribution in [0.2, 0.25) is 0 Å². The minimum Gasteiger partial charge on any atom is -0.456 e. The quantitative estimate of drug-likeness (QED) is 0.403. The Balaban J connectivity index is 1.33. The minimum absolute atomic E-state index is 0.0321. The lowest BCUT2D eigenvalue weighted by atomic mass is 9.85. The second-order valence-electron chi connectivity index (χ2n) is 7.12. The second-order valence-corrected chi connectivity index (χ2v) is 7.12. The molecule has 1 N–H and O–H groups in total. The molecule has 0 spiro atoms. The van der Waals surface area contributed by atoms with Gasteiger partial charge in [-0.15, -0.1) is 0 Å². The molecule has 1 aromatic carbocycles. The lowest BCUT2D eigenvalue weighted by molar-refractivity contribution is -0.149. The molecule has 29 heavy (non-hydrogen) atoms. The zero-order chi connectivity index (χ0) is 20.8. The number of allylic oxidation sites excluding steroid dienone is 2. The van der Waals surface area contributed by atoms with Crippen LogP contribution in [0.1, 0.15) is 24.8 Å². The van der Waals surface area contributed by atoms with Crippen molar-refractivity contribution in [1.82, 2.24) is 10.2 Å². The molecule has 1 fully saturated rings. The summed E-state index contributed by atoms with van der Waals surface area (Å²) in [5.41, 5.74) is 0.874. The highest BCUT2D eigenvalue weighted by Gasteiger charge is 2.46. The molecule has 1 saturated heterocycles. The standard InChI is InChI=1S/C21H23FN2O5/c22-15-7-5-14(6-8-15)9-11-23-18(25)13-29-19(26)10-12-24-20(27)16-3-1-2-4-17(16)21(24)28/h1-2,5-8,16-17H,3-4,9-13H2,(H,23,25)/t16-,17-/m0/s1. The van der Waals surface area contributed by atoms with E-state index in [2.05, 4.69) is 5.32 Å². The Morgan fingerprint density at radius 1 is 1.07 bits per heavy atom. The fraction of sp³-hybridized carbons (Fsp3) is 0.429. The van der Waals surface area contributed by atoms with Crippen LogP contribution in [0.3, 0.4) is 0 Å². The summed E-state index contributed by atoms with van der Waals surface area (Å²) in [6, 6.07) is 5.96. The predicted octanol–water partition coefficient (Wildman–Crippen LogP) is 1.37. The summed E-state index contributed by atoms with van der Waals surface area (Å²) >= 11 is 0. The third-order valence-corrected chi connectivity index (χ3v) is 5.15. The highest BCUT2D eigenvalue weighted by atomic mass is 19.1. The zero-order valence-electron chi connectivity index (χ0n) is 15.9. The molecule has 2 aliphatic rings. The maximum absolute atomic E-state index is 12.8. The third kappa shape index (κ3) is 5.28. The van der Waals surface area contributed by atoms with E-state index in [0.717, 1.165) is 10.5 Å². The SMILES string of the molecule is O=C(COC(=O)CCN1C(=O)[C@H]2CC=CC[C@@H]2C1=O)NCCc1ccc(F)cc1. The molecule has 0 saturated carbocycles. The Morgan fingerprint density at radius 2 is 1.69 bits per heavy atom. The van der Waals surface area contributed by atoms with E-state index in [0.29, 0.717) is 25.8 Å². The molecule has 2 atom stereocenters. The lowest BCUT2D eigenvalue weighted by Crippen LogP contribution is -2.34. The number of halogens is 1. The van der Waals surface area contributed by atoms with E-state index in [1.54, 1.807) is 12.1 Å². The number of nitrogens with one attached hydrogen (secondary N) is 1. The van der Waals surface area contributed by atoms with Crippen molar-refractivity contribution < 1.29 is 28.3 Å². The van der Waals surface area contributed by atoms with Gasteiger partial charge in [-0.1, -0.05) is 24.3 Å². The van der Waals surface area contributed by atoms with E-state index in [9.17, 15) is 23.6 Å². The summed E-state index contributed by atoms with van der Waals surface area (Å²) in [5, 5.41) is 2.61. The number of amides is 3. The number of rotatable bonds is 8. The number of likely N-dealkylation sites (tertiary alicyclic amines) is 1. The fourth-order valence-corrected chi connectivity index (χ4v) is 3.56. The highest BCUT2D eigenvalue weighted by Crippen LogP contribution is 2.34. The van der Waals surface area contributed by atoms with Gasteiger partial charge in [0.25, 0.3) is 5.91 Å². The van der Waals surface area contributed by atoms with Crippen LogP contribution in [0.15, 0.2) is 36.4 Å². The maximum atomic E-state index is 12.8. The number of imide groups is 1. The van der Waals surface area contributed by atoms with Crippen molar-refractivity contribution in [2.24, 2.45) is 11.8 Å². The number of hydrogen-bond acceptors (Lipinski definition) is 5. The molecule has 3 amide bonds. The van der Waals surface area contributed by atoms with Gasteiger partial charge in [-0.05, 0) is 37.0 Å². The molecule has 1 aliphatic heterocycles. The van der Waals surface area contributed by atoms with Gasteiger partial charge < -0.3 is 10.1 Å². The molecule has 0 radical (unpaired) electrons. The van der Waals surface area contributed by atoms with Crippen LogP contribution < -0.4 is 5.32 Å². The summed E-state index contributed by atoms with van der Waals surface area (Å²) in [6.07, 6.45) is 5.28. The molecule has 0 unspecified atom stereocenters. The van der Waals surface area contributed by atoms with Gasteiger partial charge in [0.05, 0.1) is 18.3 Å². The average Bonchev–Trinajstić information content (AvgIpc) is 2.97. The van der Waals surface area contributed by atoms with Gasteiger partial charge in [-0.3, -0.25) is 24.1 Å². The minimum atomic E-state index is -0.646. The zero-order valence-corrected chi connectivity index (χ0v) is 15.9. The largest absolute Gasteiger partial charge is 0.456 e. The van der Waals surface area contributed by atoms with Gasteiger partial charge in [0.2, 0.25) is 11.8 Å². The number of carbonyl (C=O) groups is 4. The smallest absolute Gasteiger partial charge is 0.308 e. The lowest BCUT2D eigenvalue weighted by Gasteiger charge is -2.14. The van der Waals surface area contributed by atoms with Crippen LogP contribution in [-0.2, 0) is 30.3 Å². The van der Waals surface area contributed by atoms with Crippen LogP contribution in [0.4, 0.5) is 4.39 Å². The van der Waals surface area contributed by atoms with Crippen molar-refractivity contribution in [2.45, 2.75) is 25.7 Å². The van der Waals surface area contributed by atoms with Gasteiger partial charge in [0.15, 0.2) is 6.61 Å². The van der Waals surface area contributed by atoms with Crippen LogP contribution >= 0.6 is 0 Å². The second kappa shape index (κ2) is 9.45. The van der Waals surface area contributed by atoms with Crippen molar-refractivity contribution in [2.75, 3.05) is 19.7 Å². The number of carbonyl (C=O) groups excluding carboxylic acids is 4. The number of esters is 1. The van der Waals surface area contributed by atoms with Crippen molar-refractivity contribution in [1.29, 1.82) is 0 Å².